The number of likely N-dealkylation sites (tertiary alicyclic amines) is 1. The first kappa shape index (κ1) is 14.4. The van der Waals surface area contributed by atoms with Gasteiger partial charge in [0.15, 0.2) is 0 Å². The topological polar surface area (TPSA) is 38.5 Å². The van der Waals surface area contributed by atoms with Crippen LogP contribution in [0.5, 0.6) is 5.75 Å². The minimum atomic E-state index is -0.0584. The summed E-state index contributed by atoms with van der Waals surface area (Å²) in [4.78, 5) is 2.51. The molecule has 1 aromatic rings. The predicted octanol–water partition coefficient (Wildman–Crippen LogP) is 3.48. The van der Waals surface area contributed by atoms with Crippen molar-refractivity contribution < 1.29 is 4.74 Å². The van der Waals surface area contributed by atoms with E-state index in [9.17, 15) is 0 Å². The molecule has 2 aliphatic heterocycles. The second-order valence-electron chi connectivity index (χ2n) is 6.07. The van der Waals surface area contributed by atoms with Crippen LogP contribution in [0.25, 0.3) is 0 Å². The summed E-state index contributed by atoms with van der Waals surface area (Å²) >= 11 is 3.53. The van der Waals surface area contributed by atoms with Crippen LogP contribution in [0.2, 0.25) is 0 Å². The SMILES string of the molecule is CCN1CCCC2(CC1)C[C@@H](N)c1ccc(Br)cc1O2. The summed E-state index contributed by atoms with van der Waals surface area (Å²) in [6.45, 7) is 5.66. The molecule has 2 N–H and O–H groups in total. The molecule has 110 valence electrons. The van der Waals surface area contributed by atoms with Gasteiger partial charge in [-0.25, -0.2) is 0 Å². The van der Waals surface area contributed by atoms with Gasteiger partial charge in [0.1, 0.15) is 11.4 Å². The molecular weight excluding hydrogens is 316 g/mol. The van der Waals surface area contributed by atoms with Crippen molar-refractivity contribution in [2.45, 2.75) is 44.2 Å². The molecule has 0 bridgehead atoms. The van der Waals surface area contributed by atoms with Crippen molar-refractivity contribution in [1.82, 2.24) is 4.90 Å². The van der Waals surface area contributed by atoms with Gasteiger partial charge < -0.3 is 15.4 Å². The average Bonchev–Trinajstić information content (AvgIpc) is 2.60. The van der Waals surface area contributed by atoms with Gasteiger partial charge >= 0.3 is 0 Å². The maximum Gasteiger partial charge on any atom is 0.126 e. The second kappa shape index (κ2) is 5.66. The molecule has 20 heavy (non-hydrogen) atoms. The highest BCUT2D eigenvalue weighted by Gasteiger charge is 2.40. The number of hydrogen-bond acceptors (Lipinski definition) is 3. The molecular formula is C16H23BrN2O. The Kier molecular flexibility index (Phi) is 4.07. The molecule has 2 atom stereocenters. The van der Waals surface area contributed by atoms with Crippen LogP contribution in [0.15, 0.2) is 22.7 Å². The Morgan fingerprint density at radius 2 is 2.25 bits per heavy atom. The van der Waals surface area contributed by atoms with Crippen molar-refractivity contribution in [3.05, 3.63) is 28.2 Å². The monoisotopic (exact) mass is 338 g/mol. The number of nitrogens with zero attached hydrogens (tertiary/aromatic N) is 1. The molecule has 3 nitrogen and oxygen atoms in total. The van der Waals surface area contributed by atoms with Crippen molar-refractivity contribution in [3.8, 4) is 5.75 Å². The fourth-order valence-corrected chi connectivity index (χ4v) is 3.87. The number of ether oxygens (including phenoxy) is 1. The Balaban J connectivity index is 1.86. The van der Waals surface area contributed by atoms with Crippen molar-refractivity contribution in [3.63, 3.8) is 0 Å². The molecule has 1 unspecified atom stereocenters. The molecule has 3 rings (SSSR count). The first-order valence-corrected chi connectivity index (χ1v) is 8.37. The Morgan fingerprint density at radius 3 is 3.05 bits per heavy atom. The Bertz CT molecular complexity index is 493. The third-order valence-corrected chi connectivity index (χ3v) is 5.22. The fraction of sp³-hybridized carbons (Fsp3) is 0.625. The van der Waals surface area contributed by atoms with E-state index in [2.05, 4.69) is 39.9 Å². The average molecular weight is 339 g/mol. The highest BCUT2D eigenvalue weighted by atomic mass is 79.9. The molecule has 0 saturated carbocycles. The fourth-order valence-electron chi connectivity index (χ4n) is 3.53. The number of hydrogen-bond donors (Lipinski definition) is 1. The van der Waals surface area contributed by atoms with Gasteiger partial charge in [-0.3, -0.25) is 0 Å². The molecule has 0 radical (unpaired) electrons. The Hall–Kier alpha value is -0.580. The highest BCUT2D eigenvalue weighted by molar-refractivity contribution is 9.10. The van der Waals surface area contributed by atoms with Crippen molar-refractivity contribution in [2.24, 2.45) is 5.73 Å². The third kappa shape index (κ3) is 2.74. The number of nitrogens with two attached hydrogens (primary N) is 1. The molecule has 0 aliphatic carbocycles. The van der Waals surface area contributed by atoms with Crippen molar-refractivity contribution in [1.29, 1.82) is 0 Å². The maximum atomic E-state index is 6.45. The Labute approximate surface area is 129 Å². The molecule has 2 heterocycles. The van der Waals surface area contributed by atoms with Gasteiger partial charge in [-0.05, 0) is 44.5 Å². The summed E-state index contributed by atoms with van der Waals surface area (Å²) in [6.07, 6.45) is 4.34. The lowest BCUT2D eigenvalue weighted by molar-refractivity contribution is 0.0218. The zero-order valence-corrected chi connectivity index (χ0v) is 13.7. The number of fused-ring (bicyclic) bond motifs is 1. The van der Waals surface area contributed by atoms with E-state index in [4.69, 9.17) is 10.5 Å². The predicted molar refractivity (Wildman–Crippen MR) is 85.0 cm³/mol. The zero-order valence-electron chi connectivity index (χ0n) is 12.1. The highest BCUT2D eigenvalue weighted by Crippen LogP contribution is 2.44. The van der Waals surface area contributed by atoms with E-state index in [0.717, 1.165) is 48.1 Å². The van der Waals surface area contributed by atoms with Crippen molar-refractivity contribution >= 4 is 15.9 Å². The first-order chi connectivity index (χ1) is 9.62. The minimum Gasteiger partial charge on any atom is -0.487 e. The molecule has 1 spiro atoms. The summed E-state index contributed by atoms with van der Waals surface area (Å²) < 4.78 is 7.51. The standard InChI is InChI=1S/C16H23BrN2O/c1-2-19-8-3-6-16(7-9-19)11-14(18)13-5-4-12(17)10-15(13)20-16/h4-5,10,14H,2-3,6-9,11,18H2,1H3/t14-,16?/m1/s1. The Morgan fingerprint density at radius 1 is 1.40 bits per heavy atom. The van der Waals surface area contributed by atoms with Gasteiger partial charge in [0.2, 0.25) is 0 Å². The lowest BCUT2D eigenvalue weighted by atomic mass is 9.82. The molecule has 0 amide bonds. The van der Waals surface area contributed by atoms with E-state index in [1.54, 1.807) is 0 Å². The van der Waals surface area contributed by atoms with Gasteiger partial charge in [-0.15, -0.1) is 0 Å². The van der Waals surface area contributed by atoms with E-state index in [1.807, 2.05) is 6.07 Å². The largest absolute Gasteiger partial charge is 0.487 e. The molecule has 1 aromatic carbocycles. The van der Waals surface area contributed by atoms with Crippen LogP contribution < -0.4 is 10.5 Å². The van der Waals surface area contributed by atoms with Crippen LogP contribution in [0, 0.1) is 0 Å². The molecule has 0 aromatic heterocycles. The van der Waals surface area contributed by atoms with Crippen LogP contribution in [0.1, 0.15) is 44.2 Å². The van der Waals surface area contributed by atoms with E-state index in [1.165, 1.54) is 13.0 Å². The minimum absolute atomic E-state index is 0.0584. The smallest absolute Gasteiger partial charge is 0.126 e. The number of rotatable bonds is 1. The quantitative estimate of drug-likeness (QED) is 0.851. The van der Waals surface area contributed by atoms with Crippen LogP contribution in [-0.2, 0) is 0 Å². The van der Waals surface area contributed by atoms with Gasteiger partial charge in [-0.2, -0.15) is 0 Å². The molecule has 1 saturated heterocycles. The van der Waals surface area contributed by atoms with E-state index in [0.29, 0.717) is 0 Å². The van der Waals surface area contributed by atoms with E-state index in [-0.39, 0.29) is 11.6 Å². The van der Waals surface area contributed by atoms with Crippen LogP contribution in [0.4, 0.5) is 0 Å². The summed E-state index contributed by atoms with van der Waals surface area (Å²) in [5.41, 5.74) is 7.50. The van der Waals surface area contributed by atoms with E-state index < -0.39 is 0 Å². The zero-order chi connectivity index (χ0) is 14.2. The molecule has 2 aliphatic rings. The summed E-state index contributed by atoms with van der Waals surface area (Å²) in [5.74, 6) is 0.975. The lowest BCUT2D eigenvalue weighted by Gasteiger charge is -2.41. The van der Waals surface area contributed by atoms with Gasteiger partial charge in [-0.1, -0.05) is 28.9 Å². The lowest BCUT2D eigenvalue weighted by Crippen LogP contribution is -2.43. The van der Waals surface area contributed by atoms with Crippen LogP contribution in [0.3, 0.4) is 0 Å². The summed E-state index contributed by atoms with van der Waals surface area (Å²) in [6, 6.07) is 6.30. The first-order valence-electron chi connectivity index (χ1n) is 7.58. The maximum absolute atomic E-state index is 6.45. The number of halogens is 1. The van der Waals surface area contributed by atoms with Gasteiger partial charge in [0.05, 0.1) is 0 Å². The van der Waals surface area contributed by atoms with Gasteiger partial charge in [0, 0.05) is 29.0 Å². The van der Waals surface area contributed by atoms with Crippen LogP contribution in [-0.4, -0.2) is 30.1 Å². The third-order valence-electron chi connectivity index (χ3n) is 4.73. The van der Waals surface area contributed by atoms with E-state index >= 15 is 0 Å². The van der Waals surface area contributed by atoms with Gasteiger partial charge in [0.25, 0.3) is 0 Å². The molecule has 4 heteroatoms. The van der Waals surface area contributed by atoms with Crippen molar-refractivity contribution in [2.75, 3.05) is 19.6 Å². The summed E-state index contributed by atoms with van der Waals surface area (Å²) in [7, 11) is 0. The molecule has 1 fully saturated rings. The van der Waals surface area contributed by atoms with Crippen LogP contribution >= 0.6 is 15.9 Å². The second-order valence-corrected chi connectivity index (χ2v) is 6.98. The summed E-state index contributed by atoms with van der Waals surface area (Å²) in [5, 5.41) is 0. The normalized spacial score (nSPS) is 30.6. The number of benzene rings is 1.